The highest BCUT2D eigenvalue weighted by Crippen LogP contribution is 2.37. The van der Waals surface area contributed by atoms with E-state index in [-0.39, 0.29) is 5.91 Å². The molecule has 4 rings (SSSR count). The average molecular weight is 518 g/mol. The maximum atomic E-state index is 12.2. The minimum absolute atomic E-state index is 0.0147. The zero-order valence-electron chi connectivity index (χ0n) is 23.0. The van der Waals surface area contributed by atoms with Crippen molar-refractivity contribution in [2.24, 2.45) is 0 Å². The van der Waals surface area contributed by atoms with Crippen molar-refractivity contribution in [2.75, 3.05) is 58.5 Å². The van der Waals surface area contributed by atoms with Crippen molar-refractivity contribution in [1.29, 1.82) is 0 Å². The van der Waals surface area contributed by atoms with Gasteiger partial charge in [0.15, 0.2) is 0 Å². The number of nitrogens with zero attached hydrogens (tertiary/aromatic N) is 2. The monoisotopic (exact) mass is 517 g/mol. The Kier molecular flexibility index (Phi) is 9.49. The van der Waals surface area contributed by atoms with Crippen molar-refractivity contribution >= 4 is 11.6 Å². The molecule has 38 heavy (non-hydrogen) atoms. The number of hydrogen-bond donors (Lipinski definition) is 1. The zero-order chi connectivity index (χ0) is 26.9. The number of anilines is 1. The number of amides is 1. The molecule has 0 aromatic heterocycles. The fourth-order valence-corrected chi connectivity index (χ4v) is 4.79. The number of rotatable bonds is 11. The van der Waals surface area contributed by atoms with E-state index in [1.165, 1.54) is 0 Å². The number of ether oxygens (including phenoxy) is 3. The molecule has 7 nitrogen and oxygen atoms in total. The topological polar surface area (TPSA) is 63.3 Å². The Morgan fingerprint density at radius 2 is 1.55 bits per heavy atom. The van der Waals surface area contributed by atoms with E-state index in [4.69, 9.17) is 14.2 Å². The second-order valence-corrected chi connectivity index (χ2v) is 9.39. The fourth-order valence-electron chi connectivity index (χ4n) is 4.79. The second kappa shape index (κ2) is 13.2. The van der Waals surface area contributed by atoms with Crippen LogP contribution in [0.2, 0.25) is 0 Å². The first-order valence-electron chi connectivity index (χ1n) is 13.4. The minimum Gasteiger partial charge on any atom is -0.496 e. The summed E-state index contributed by atoms with van der Waals surface area (Å²) in [5, 5.41) is 2.93. The molecular weight excluding hydrogens is 478 g/mol. The van der Waals surface area contributed by atoms with E-state index in [1.54, 1.807) is 14.2 Å². The summed E-state index contributed by atoms with van der Waals surface area (Å²) in [5.41, 5.74) is 4.98. The summed E-state index contributed by atoms with van der Waals surface area (Å²) >= 11 is 0. The highest BCUT2D eigenvalue weighted by molar-refractivity contribution is 5.94. The van der Waals surface area contributed by atoms with E-state index < -0.39 is 0 Å². The number of piperazine rings is 1. The Hall–Kier alpha value is -3.71. The molecule has 202 valence electrons. The van der Waals surface area contributed by atoms with Gasteiger partial charge in [-0.15, -0.1) is 0 Å². The van der Waals surface area contributed by atoms with Crippen molar-refractivity contribution < 1.29 is 19.0 Å². The van der Waals surface area contributed by atoms with Gasteiger partial charge in [0.2, 0.25) is 0 Å². The molecule has 3 aromatic carbocycles. The van der Waals surface area contributed by atoms with E-state index in [2.05, 4.69) is 33.3 Å². The van der Waals surface area contributed by atoms with Crippen molar-refractivity contribution in [1.82, 2.24) is 10.2 Å². The zero-order valence-corrected chi connectivity index (χ0v) is 23.0. The van der Waals surface area contributed by atoms with Gasteiger partial charge in [-0.25, -0.2) is 0 Å². The number of nitrogens with one attached hydrogen (secondary N) is 1. The summed E-state index contributed by atoms with van der Waals surface area (Å²) in [5.74, 6) is 2.47. The summed E-state index contributed by atoms with van der Waals surface area (Å²) in [7, 11) is 3.42. The van der Waals surface area contributed by atoms with Gasteiger partial charge in [0, 0.05) is 50.5 Å². The molecule has 1 fully saturated rings. The Balaban J connectivity index is 1.43. The van der Waals surface area contributed by atoms with Gasteiger partial charge in [-0.05, 0) is 73.0 Å². The molecular formula is C31H39N3O4. The molecule has 0 bridgehead atoms. The number of benzene rings is 3. The SMILES string of the molecule is CCCNC(=O)c1ccc(N2CCN(Cc3c(OC)cc(-c4cccc(OCC)c4)cc3OC)CC2)cc1. The molecule has 0 saturated carbocycles. The molecule has 7 heteroatoms. The van der Waals surface area contributed by atoms with Gasteiger partial charge in [-0.3, -0.25) is 9.69 Å². The maximum absolute atomic E-state index is 12.2. The predicted molar refractivity (Wildman–Crippen MR) is 153 cm³/mol. The van der Waals surface area contributed by atoms with Gasteiger partial charge in [0.1, 0.15) is 17.2 Å². The summed E-state index contributed by atoms with van der Waals surface area (Å²) in [4.78, 5) is 17.0. The Morgan fingerprint density at radius 3 is 2.16 bits per heavy atom. The van der Waals surface area contributed by atoms with Crippen LogP contribution >= 0.6 is 0 Å². The molecule has 0 unspecified atom stereocenters. The predicted octanol–water partition coefficient (Wildman–Crippen LogP) is 5.23. The van der Waals surface area contributed by atoms with Crippen LogP contribution in [0.15, 0.2) is 60.7 Å². The van der Waals surface area contributed by atoms with Crippen LogP contribution in [-0.2, 0) is 6.54 Å². The normalized spacial score (nSPS) is 13.7. The summed E-state index contributed by atoms with van der Waals surface area (Å²) in [6, 6.07) is 20.1. The van der Waals surface area contributed by atoms with Gasteiger partial charge in [0.05, 0.1) is 26.4 Å². The van der Waals surface area contributed by atoms with E-state index in [0.29, 0.717) is 18.7 Å². The maximum Gasteiger partial charge on any atom is 0.251 e. The first kappa shape index (κ1) is 27.3. The first-order valence-corrected chi connectivity index (χ1v) is 13.4. The summed E-state index contributed by atoms with van der Waals surface area (Å²) in [6.07, 6.45) is 0.929. The van der Waals surface area contributed by atoms with Gasteiger partial charge >= 0.3 is 0 Å². The molecule has 1 amide bonds. The fraction of sp³-hybridized carbons (Fsp3) is 0.387. The van der Waals surface area contributed by atoms with Gasteiger partial charge < -0.3 is 24.4 Å². The van der Waals surface area contributed by atoms with E-state index in [1.807, 2.05) is 56.3 Å². The smallest absolute Gasteiger partial charge is 0.251 e. The number of hydrogen-bond acceptors (Lipinski definition) is 6. The van der Waals surface area contributed by atoms with Crippen molar-refractivity contribution in [2.45, 2.75) is 26.8 Å². The van der Waals surface area contributed by atoms with Crippen LogP contribution in [-0.4, -0.2) is 64.4 Å². The highest BCUT2D eigenvalue weighted by Gasteiger charge is 2.22. The van der Waals surface area contributed by atoms with Crippen LogP contribution in [0.4, 0.5) is 5.69 Å². The molecule has 0 radical (unpaired) electrons. The molecule has 3 aromatic rings. The van der Waals surface area contributed by atoms with E-state index >= 15 is 0 Å². The van der Waals surface area contributed by atoms with Crippen LogP contribution in [0.3, 0.4) is 0 Å². The average Bonchev–Trinajstić information content (AvgIpc) is 2.96. The third kappa shape index (κ3) is 6.58. The summed E-state index contributed by atoms with van der Waals surface area (Å²) < 4.78 is 17.4. The largest absolute Gasteiger partial charge is 0.496 e. The van der Waals surface area contributed by atoms with Crippen LogP contribution in [0, 0.1) is 0 Å². The molecule has 1 aliphatic rings. The quantitative estimate of drug-likeness (QED) is 0.376. The van der Waals surface area contributed by atoms with E-state index in [0.717, 1.165) is 78.8 Å². The number of carbonyl (C=O) groups excluding carboxylic acids is 1. The molecule has 1 saturated heterocycles. The van der Waals surface area contributed by atoms with Crippen molar-refractivity contribution in [3.8, 4) is 28.4 Å². The minimum atomic E-state index is -0.0147. The molecule has 1 N–H and O–H groups in total. The summed E-state index contributed by atoms with van der Waals surface area (Å²) in [6.45, 7) is 9.77. The van der Waals surface area contributed by atoms with Crippen molar-refractivity contribution in [3.05, 3.63) is 71.8 Å². The molecule has 0 spiro atoms. The standard InChI is InChI=1S/C31H39N3O4/c1-5-14-32-31(35)23-10-12-26(13-11-23)34-17-15-33(16-18-34)22-28-29(36-3)20-25(21-30(28)37-4)24-8-7-9-27(19-24)38-6-2/h7-13,19-21H,5-6,14-18,22H2,1-4H3,(H,32,35). The number of methoxy groups -OCH3 is 2. The third-order valence-corrected chi connectivity index (χ3v) is 6.87. The Labute approximate surface area is 226 Å². The highest BCUT2D eigenvalue weighted by atomic mass is 16.5. The third-order valence-electron chi connectivity index (χ3n) is 6.87. The first-order chi connectivity index (χ1) is 18.6. The lowest BCUT2D eigenvalue weighted by molar-refractivity contribution is 0.0953. The van der Waals surface area contributed by atoms with Crippen LogP contribution in [0.1, 0.15) is 36.2 Å². The van der Waals surface area contributed by atoms with Crippen molar-refractivity contribution in [3.63, 3.8) is 0 Å². The Bertz CT molecular complexity index is 1180. The second-order valence-electron chi connectivity index (χ2n) is 9.39. The van der Waals surface area contributed by atoms with Crippen LogP contribution in [0.25, 0.3) is 11.1 Å². The van der Waals surface area contributed by atoms with Gasteiger partial charge in [0.25, 0.3) is 5.91 Å². The number of carbonyl (C=O) groups is 1. The molecule has 0 atom stereocenters. The lowest BCUT2D eigenvalue weighted by Crippen LogP contribution is -2.46. The van der Waals surface area contributed by atoms with Gasteiger partial charge in [-0.2, -0.15) is 0 Å². The van der Waals surface area contributed by atoms with E-state index in [9.17, 15) is 4.79 Å². The molecule has 1 aliphatic heterocycles. The molecule has 1 heterocycles. The lowest BCUT2D eigenvalue weighted by Gasteiger charge is -2.36. The Morgan fingerprint density at radius 1 is 0.868 bits per heavy atom. The lowest BCUT2D eigenvalue weighted by atomic mass is 10.0. The molecule has 0 aliphatic carbocycles. The van der Waals surface area contributed by atoms with Crippen LogP contribution < -0.4 is 24.4 Å². The van der Waals surface area contributed by atoms with Gasteiger partial charge in [-0.1, -0.05) is 19.1 Å². The van der Waals surface area contributed by atoms with Crippen LogP contribution in [0.5, 0.6) is 17.2 Å².